The number of hydrogen-bond acceptors (Lipinski definition) is 4. The molecule has 0 saturated carbocycles. The van der Waals surface area contributed by atoms with Crippen molar-refractivity contribution in [3.8, 4) is 0 Å². The number of halogens is 5. The second-order valence-corrected chi connectivity index (χ2v) is 6.54. The third-order valence-corrected chi connectivity index (χ3v) is 4.47. The Morgan fingerprint density at radius 1 is 1.24 bits per heavy atom. The number of allylic oxidation sites excluding steroid dienone is 2. The fourth-order valence-electron chi connectivity index (χ4n) is 2.51. The molecule has 0 amide bonds. The Morgan fingerprint density at radius 3 is 2.48 bits per heavy atom. The Balaban J connectivity index is 2.30. The van der Waals surface area contributed by atoms with Crippen molar-refractivity contribution in [2.24, 2.45) is 0 Å². The number of para-hydroxylation sites is 1. The van der Waals surface area contributed by atoms with Gasteiger partial charge in [-0.05, 0) is 36.2 Å². The average molecular weight is 428 g/mol. The molecule has 0 atom stereocenters. The van der Waals surface area contributed by atoms with Crippen LogP contribution in [0.1, 0.15) is 16.7 Å². The predicted molar refractivity (Wildman–Crippen MR) is 105 cm³/mol. The molecular formula is C20H18ClF4N3O. The predicted octanol–water partition coefficient (Wildman–Crippen LogP) is 5.00. The molecule has 0 bridgehead atoms. The first-order valence-corrected chi connectivity index (χ1v) is 8.79. The third kappa shape index (κ3) is 5.57. The van der Waals surface area contributed by atoms with Crippen LogP contribution in [0, 0.1) is 18.2 Å². The molecule has 2 aromatic carbocycles. The minimum Gasteiger partial charge on any atom is -0.384 e. The molecule has 0 saturated heterocycles. The SMILES string of the molecule is CN/C(=C\C(=O)C(=N)c1cc(CNc2ccccc2C)c(Cl)cc1F)C(F)(F)F. The Hall–Kier alpha value is -2.87. The summed E-state index contributed by atoms with van der Waals surface area (Å²) in [7, 11) is 0.994. The summed E-state index contributed by atoms with van der Waals surface area (Å²) in [6.07, 6.45) is -4.58. The van der Waals surface area contributed by atoms with E-state index in [0.29, 0.717) is 5.56 Å². The quantitative estimate of drug-likeness (QED) is 0.331. The van der Waals surface area contributed by atoms with Crippen molar-refractivity contribution in [2.45, 2.75) is 19.6 Å². The number of benzene rings is 2. The standard InChI is InChI=1S/C20H18ClF4N3O/c1-11-5-3-4-6-16(11)28-10-12-7-13(15(22)8-14(12)21)19(26)17(29)9-18(27-2)20(23,24)25/h3-9,26-28H,10H2,1-2H3/b18-9-,26-19?. The Labute approximate surface area is 170 Å². The number of carbonyl (C=O) groups is 1. The highest BCUT2D eigenvalue weighted by Crippen LogP contribution is 2.25. The van der Waals surface area contributed by atoms with Gasteiger partial charge < -0.3 is 10.6 Å². The second-order valence-electron chi connectivity index (χ2n) is 6.14. The van der Waals surface area contributed by atoms with Crippen LogP contribution in [-0.4, -0.2) is 24.7 Å². The van der Waals surface area contributed by atoms with E-state index in [4.69, 9.17) is 17.0 Å². The molecule has 0 aliphatic rings. The molecule has 0 radical (unpaired) electrons. The van der Waals surface area contributed by atoms with E-state index in [-0.39, 0.29) is 17.6 Å². The molecule has 0 aliphatic carbocycles. The second kappa shape index (κ2) is 9.09. The summed E-state index contributed by atoms with van der Waals surface area (Å²) in [6.45, 7) is 2.05. The number of carbonyl (C=O) groups excluding carboxylic acids is 1. The third-order valence-electron chi connectivity index (χ3n) is 4.12. The van der Waals surface area contributed by atoms with E-state index in [0.717, 1.165) is 24.4 Å². The molecule has 0 heterocycles. The fraction of sp³-hybridized carbons (Fsp3) is 0.200. The lowest BCUT2D eigenvalue weighted by Crippen LogP contribution is -2.26. The lowest BCUT2D eigenvalue weighted by atomic mass is 10.0. The molecule has 0 unspecified atom stereocenters. The van der Waals surface area contributed by atoms with Crippen LogP contribution in [-0.2, 0) is 11.3 Å². The van der Waals surface area contributed by atoms with Gasteiger partial charge in [0.25, 0.3) is 0 Å². The maximum absolute atomic E-state index is 14.3. The average Bonchev–Trinajstić information content (AvgIpc) is 2.65. The molecule has 154 valence electrons. The first-order valence-electron chi connectivity index (χ1n) is 8.42. The molecule has 0 aromatic heterocycles. The number of ketones is 1. The van der Waals surface area contributed by atoms with Gasteiger partial charge in [-0.1, -0.05) is 29.8 Å². The Morgan fingerprint density at radius 2 is 1.90 bits per heavy atom. The molecule has 0 aliphatic heterocycles. The van der Waals surface area contributed by atoms with Gasteiger partial charge in [-0.2, -0.15) is 13.2 Å². The minimum atomic E-state index is -4.80. The Kier molecular flexibility index (Phi) is 7.02. The first kappa shape index (κ1) is 22.4. The highest BCUT2D eigenvalue weighted by atomic mass is 35.5. The summed E-state index contributed by atoms with van der Waals surface area (Å²) in [5.41, 5.74) is -0.512. The van der Waals surface area contributed by atoms with Crippen molar-refractivity contribution in [3.63, 3.8) is 0 Å². The van der Waals surface area contributed by atoms with E-state index >= 15 is 0 Å². The normalized spacial score (nSPS) is 11.9. The molecule has 0 spiro atoms. The van der Waals surface area contributed by atoms with Crippen LogP contribution in [0.15, 0.2) is 48.2 Å². The van der Waals surface area contributed by atoms with Gasteiger partial charge in [0.1, 0.15) is 17.2 Å². The van der Waals surface area contributed by atoms with Gasteiger partial charge in [0.2, 0.25) is 5.78 Å². The lowest BCUT2D eigenvalue weighted by molar-refractivity contribution is -0.111. The van der Waals surface area contributed by atoms with Gasteiger partial charge in [-0.15, -0.1) is 0 Å². The summed E-state index contributed by atoms with van der Waals surface area (Å²) in [6, 6.07) is 9.53. The molecule has 9 heteroatoms. The Bertz CT molecular complexity index is 971. The fourth-order valence-corrected chi connectivity index (χ4v) is 2.73. The summed E-state index contributed by atoms with van der Waals surface area (Å²) < 4.78 is 52.6. The van der Waals surface area contributed by atoms with Crippen LogP contribution in [0.25, 0.3) is 0 Å². The van der Waals surface area contributed by atoms with Gasteiger partial charge in [-0.3, -0.25) is 10.2 Å². The zero-order chi connectivity index (χ0) is 21.8. The van der Waals surface area contributed by atoms with E-state index in [1.165, 1.54) is 6.07 Å². The van der Waals surface area contributed by atoms with Crippen molar-refractivity contribution in [1.82, 2.24) is 5.32 Å². The maximum Gasteiger partial charge on any atom is 0.431 e. The van der Waals surface area contributed by atoms with E-state index < -0.39 is 34.7 Å². The van der Waals surface area contributed by atoms with E-state index in [1.807, 2.05) is 36.5 Å². The highest BCUT2D eigenvalue weighted by Gasteiger charge is 2.34. The van der Waals surface area contributed by atoms with Crippen LogP contribution >= 0.6 is 11.6 Å². The smallest absolute Gasteiger partial charge is 0.384 e. The van der Waals surface area contributed by atoms with Gasteiger partial charge in [-0.25, -0.2) is 4.39 Å². The van der Waals surface area contributed by atoms with E-state index in [9.17, 15) is 22.4 Å². The van der Waals surface area contributed by atoms with Crippen LogP contribution in [0.4, 0.5) is 23.2 Å². The zero-order valence-electron chi connectivity index (χ0n) is 15.5. The monoisotopic (exact) mass is 427 g/mol. The zero-order valence-corrected chi connectivity index (χ0v) is 16.3. The van der Waals surface area contributed by atoms with Gasteiger partial charge in [0.05, 0.1) is 0 Å². The molecule has 2 rings (SSSR count). The van der Waals surface area contributed by atoms with E-state index in [1.54, 1.807) is 0 Å². The summed E-state index contributed by atoms with van der Waals surface area (Å²) in [4.78, 5) is 12.1. The molecule has 4 nitrogen and oxygen atoms in total. The van der Waals surface area contributed by atoms with Crippen LogP contribution < -0.4 is 10.6 Å². The molecule has 2 aromatic rings. The number of hydrogen-bond donors (Lipinski definition) is 3. The topological polar surface area (TPSA) is 65.0 Å². The first-order chi connectivity index (χ1) is 13.5. The van der Waals surface area contributed by atoms with Crippen molar-refractivity contribution < 1.29 is 22.4 Å². The largest absolute Gasteiger partial charge is 0.431 e. The van der Waals surface area contributed by atoms with Crippen LogP contribution in [0.2, 0.25) is 5.02 Å². The lowest BCUT2D eigenvalue weighted by Gasteiger charge is -2.13. The molecular weight excluding hydrogens is 410 g/mol. The van der Waals surface area contributed by atoms with Gasteiger partial charge in [0, 0.05) is 35.9 Å². The number of anilines is 1. The molecule has 0 fully saturated rings. The van der Waals surface area contributed by atoms with Crippen LogP contribution in [0.5, 0.6) is 0 Å². The van der Waals surface area contributed by atoms with Crippen LogP contribution in [0.3, 0.4) is 0 Å². The van der Waals surface area contributed by atoms with E-state index in [2.05, 4.69) is 5.32 Å². The number of nitrogens with one attached hydrogen (secondary N) is 3. The minimum absolute atomic E-state index is 0.0642. The number of alkyl halides is 3. The van der Waals surface area contributed by atoms with Crippen molar-refractivity contribution in [1.29, 1.82) is 5.41 Å². The molecule has 29 heavy (non-hydrogen) atoms. The number of aryl methyl sites for hydroxylation is 1. The van der Waals surface area contributed by atoms with Crippen molar-refractivity contribution in [2.75, 3.05) is 12.4 Å². The summed E-state index contributed by atoms with van der Waals surface area (Å²) >= 11 is 6.05. The van der Waals surface area contributed by atoms with Gasteiger partial charge in [0.15, 0.2) is 0 Å². The molecule has 3 N–H and O–H groups in total. The summed E-state index contributed by atoms with van der Waals surface area (Å²) in [5, 5.41) is 12.9. The summed E-state index contributed by atoms with van der Waals surface area (Å²) in [5.74, 6) is -2.26. The van der Waals surface area contributed by atoms with Crippen molar-refractivity contribution >= 4 is 28.8 Å². The number of rotatable bonds is 7. The maximum atomic E-state index is 14.3. The highest BCUT2D eigenvalue weighted by molar-refractivity contribution is 6.48. The van der Waals surface area contributed by atoms with Crippen molar-refractivity contribution in [3.05, 3.63) is 75.7 Å². The van der Waals surface area contributed by atoms with Gasteiger partial charge >= 0.3 is 6.18 Å².